The van der Waals surface area contributed by atoms with Crippen molar-refractivity contribution in [3.63, 3.8) is 0 Å². The van der Waals surface area contributed by atoms with Gasteiger partial charge < -0.3 is 4.90 Å². The minimum atomic E-state index is 0.0577. The molecule has 0 radical (unpaired) electrons. The van der Waals surface area contributed by atoms with Crippen LogP contribution in [0.15, 0.2) is 18.2 Å². The van der Waals surface area contributed by atoms with Crippen LogP contribution in [-0.4, -0.2) is 24.9 Å². The molecule has 2 nitrogen and oxygen atoms in total. The van der Waals surface area contributed by atoms with Crippen molar-refractivity contribution < 1.29 is 4.79 Å². The molecular weight excluding hydrogens is 222 g/mol. The summed E-state index contributed by atoms with van der Waals surface area (Å²) in [5.41, 5.74) is 3.43. The van der Waals surface area contributed by atoms with E-state index in [0.29, 0.717) is 5.92 Å². The number of carbonyl (C=O) groups excluding carboxylic acids is 1. The van der Waals surface area contributed by atoms with Crippen molar-refractivity contribution in [3.05, 3.63) is 34.9 Å². The van der Waals surface area contributed by atoms with Crippen LogP contribution in [0.3, 0.4) is 0 Å². The Labute approximate surface area is 111 Å². The van der Waals surface area contributed by atoms with E-state index in [0.717, 1.165) is 5.56 Å². The van der Waals surface area contributed by atoms with Crippen molar-refractivity contribution in [1.82, 2.24) is 4.90 Å². The largest absolute Gasteiger partial charge is 0.345 e. The van der Waals surface area contributed by atoms with Gasteiger partial charge in [-0.2, -0.15) is 0 Å². The standard InChI is InChI=1S/C16H25NO/c1-11(2)13-9-8-12(15(18)17(6)7)10-14(13)16(3,4)5/h8-11H,1-7H3. The van der Waals surface area contributed by atoms with E-state index in [-0.39, 0.29) is 11.3 Å². The lowest BCUT2D eigenvalue weighted by atomic mass is 9.80. The Morgan fingerprint density at radius 1 is 1.17 bits per heavy atom. The zero-order valence-corrected chi connectivity index (χ0v) is 12.7. The zero-order valence-electron chi connectivity index (χ0n) is 12.7. The van der Waals surface area contributed by atoms with Crippen molar-refractivity contribution in [3.8, 4) is 0 Å². The van der Waals surface area contributed by atoms with Crippen LogP contribution in [0.1, 0.15) is 62.0 Å². The Morgan fingerprint density at radius 3 is 2.11 bits per heavy atom. The molecule has 1 aromatic rings. The molecule has 1 aromatic carbocycles. The monoisotopic (exact) mass is 247 g/mol. The summed E-state index contributed by atoms with van der Waals surface area (Å²) in [7, 11) is 3.57. The predicted molar refractivity (Wildman–Crippen MR) is 77.2 cm³/mol. The molecule has 1 amide bonds. The van der Waals surface area contributed by atoms with Gasteiger partial charge in [0.25, 0.3) is 5.91 Å². The molecule has 0 N–H and O–H groups in total. The average molecular weight is 247 g/mol. The molecule has 0 fully saturated rings. The lowest BCUT2D eigenvalue weighted by molar-refractivity contribution is 0.0827. The van der Waals surface area contributed by atoms with E-state index in [9.17, 15) is 4.79 Å². The van der Waals surface area contributed by atoms with E-state index in [1.807, 2.05) is 6.07 Å². The van der Waals surface area contributed by atoms with Crippen LogP contribution < -0.4 is 0 Å². The minimum absolute atomic E-state index is 0.0577. The Balaban J connectivity index is 3.35. The smallest absolute Gasteiger partial charge is 0.253 e. The lowest BCUT2D eigenvalue weighted by Crippen LogP contribution is -2.23. The molecule has 0 bridgehead atoms. The Morgan fingerprint density at radius 2 is 1.72 bits per heavy atom. The Bertz CT molecular complexity index is 439. The summed E-state index contributed by atoms with van der Waals surface area (Å²) in [5.74, 6) is 0.540. The first-order chi connectivity index (χ1) is 8.14. The van der Waals surface area contributed by atoms with E-state index in [1.54, 1.807) is 19.0 Å². The molecule has 0 heterocycles. The van der Waals surface area contributed by atoms with E-state index < -0.39 is 0 Å². The third kappa shape index (κ3) is 3.12. The molecule has 100 valence electrons. The highest BCUT2D eigenvalue weighted by Crippen LogP contribution is 2.31. The zero-order chi connectivity index (χ0) is 14.1. The van der Waals surface area contributed by atoms with Gasteiger partial charge in [0.05, 0.1) is 0 Å². The molecule has 0 saturated carbocycles. The average Bonchev–Trinajstić information content (AvgIpc) is 2.25. The number of nitrogens with zero attached hydrogens (tertiary/aromatic N) is 1. The van der Waals surface area contributed by atoms with Crippen LogP contribution in [-0.2, 0) is 5.41 Å². The van der Waals surface area contributed by atoms with Crippen LogP contribution in [0, 0.1) is 0 Å². The summed E-state index contributed by atoms with van der Waals surface area (Å²) < 4.78 is 0. The van der Waals surface area contributed by atoms with Crippen molar-refractivity contribution in [1.29, 1.82) is 0 Å². The van der Waals surface area contributed by atoms with E-state index in [2.05, 4.69) is 46.8 Å². The van der Waals surface area contributed by atoms with Crippen molar-refractivity contribution in [2.45, 2.75) is 46.0 Å². The first kappa shape index (κ1) is 14.7. The second kappa shape index (κ2) is 5.13. The van der Waals surface area contributed by atoms with Crippen molar-refractivity contribution in [2.75, 3.05) is 14.1 Å². The van der Waals surface area contributed by atoms with E-state index in [1.165, 1.54) is 11.1 Å². The maximum Gasteiger partial charge on any atom is 0.253 e. The molecule has 18 heavy (non-hydrogen) atoms. The predicted octanol–water partition coefficient (Wildman–Crippen LogP) is 3.81. The fraction of sp³-hybridized carbons (Fsp3) is 0.562. The van der Waals surface area contributed by atoms with Gasteiger partial charge in [-0.15, -0.1) is 0 Å². The van der Waals surface area contributed by atoms with Crippen LogP contribution in [0.25, 0.3) is 0 Å². The summed E-state index contributed by atoms with van der Waals surface area (Å²) in [4.78, 5) is 13.7. The van der Waals surface area contributed by atoms with Gasteiger partial charge in [-0.1, -0.05) is 40.7 Å². The first-order valence-corrected chi connectivity index (χ1v) is 6.50. The van der Waals surface area contributed by atoms with Crippen LogP contribution >= 0.6 is 0 Å². The molecule has 0 aromatic heterocycles. The highest BCUT2D eigenvalue weighted by molar-refractivity contribution is 5.94. The number of rotatable bonds is 2. The maximum atomic E-state index is 12.0. The van der Waals surface area contributed by atoms with Gasteiger partial charge in [0.1, 0.15) is 0 Å². The van der Waals surface area contributed by atoms with Gasteiger partial charge in [0.2, 0.25) is 0 Å². The summed E-state index contributed by atoms with van der Waals surface area (Å²) in [6, 6.07) is 6.09. The van der Waals surface area contributed by atoms with Crippen LogP contribution in [0.4, 0.5) is 0 Å². The molecule has 0 unspecified atom stereocenters. The molecule has 0 atom stereocenters. The molecule has 0 aliphatic heterocycles. The Hall–Kier alpha value is -1.31. The lowest BCUT2D eigenvalue weighted by Gasteiger charge is -2.26. The summed E-state index contributed by atoms with van der Waals surface area (Å²) in [5, 5.41) is 0. The number of hydrogen-bond donors (Lipinski definition) is 0. The van der Waals surface area contributed by atoms with Crippen molar-refractivity contribution >= 4 is 5.91 Å². The SMILES string of the molecule is CC(C)c1ccc(C(=O)N(C)C)cc1C(C)(C)C. The summed E-state index contributed by atoms with van der Waals surface area (Å²) in [6.45, 7) is 11.0. The molecule has 0 saturated heterocycles. The fourth-order valence-electron chi connectivity index (χ4n) is 2.10. The first-order valence-electron chi connectivity index (χ1n) is 6.50. The second-order valence-corrected chi connectivity index (χ2v) is 6.41. The second-order valence-electron chi connectivity index (χ2n) is 6.41. The maximum absolute atomic E-state index is 12.0. The van der Waals surface area contributed by atoms with Crippen LogP contribution in [0.5, 0.6) is 0 Å². The van der Waals surface area contributed by atoms with Gasteiger partial charge >= 0.3 is 0 Å². The molecular formula is C16H25NO. The van der Waals surface area contributed by atoms with Gasteiger partial charge in [-0.05, 0) is 34.6 Å². The van der Waals surface area contributed by atoms with Gasteiger partial charge in [-0.25, -0.2) is 0 Å². The third-order valence-corrected chi connectivity index (χ3v) is 3.14. The summed E-state index contributed by atoms with van der Waals surface area (Å²) in [6.07, 6.45) is 0. The fourth-order valence-corrected chi connectivity index (χ4v) is 2.10. The molecule has 0 aliphatic rings. The number of hydrogen-bond acceptors (Lipinski definition) is 1. The van der Waals surface area contributed by atoms with Gasteiger partial charge in [0.15, 0.2) is 0 Å². The highest BCUT2D eigenvalue weighted by atomic mass is 16.2. The molecule has 1 rings (SSSR count). The highest BCUT2D eigenvalue weighted by Gasteiger charge is 2.21. The number of benzene rings is 1. The topological polar surface area (TPSA) is 20.3 Å². The van der Waals surface area contributed by atoms with Gasteiger partial charge in [-0.3, -0.25) is 4.79 Å². The minimum Gasteiger partial charge on any atom is -0.345 e. The molecule has 2 heteroatoms. The Kier molecular flexibility index (Phi) is 4.20. The summed E-state index contributed by atoms with van der Waals surface area (Å²) >= 11 is 0. The molecule has 0 spiro atoms. The van der Waals surface area contributed by atoms with E-state index >= 15 is 0 Å². The third-order valence-electron chi connectivity index (χ3n) is 3.14. The number of amides is 1. The quantitative estimate of drug-likeness (QED) is 0.778. The molecule has 0 aliphatic carbocycles. The van der Waals surface area contributed by atoms with Crippen molar-refractivity contribution in [2.24, 2.45) is 0 Å². The van der Waals surface area contributed by atoms with Crippen LogP contribution in [0.2, 0.25) is 0 Å². The van der Waals surface area contributed by atoms with Gasteiger partial charge in [0, 0.05) is 19.7 Å². The normalized spacial score (nSPS) is 11.8. The number of carbonyl (C=O) groups is 1. The van der Waals surface area contributed by atoms with E-state index in [4.69, 9.17) is 0 Å².